The molecule has 1 aliphatic carbocycles. The van der Waals surface area contributed by atoms with Gasteiger partial charge in [-0.15, -0.1) is 11.3 Å². The molecule has 7 heteroatoms. The first kappa shape index (κ1) is 20.5. The number of nitrogens with zero attached hydrogens (tertiary/aromatic N) is 2. The number of rotatable bonds is 7. The third-order valence-corrected chi connectivity index (χ3v) is 5.85. The summed E-state index contributed by atoms with van der Waals surface area (Å²) in [6, 6.07) is 3.63. The molecule has 1 aliphatic rings. The number of aryl methyl sites for hydroxylation is 2. The molecule has 6 nitrogen and oxygen atoms in total. The summed E-state index contributed by atoms with van der Waals surface area (Å²) >= 11 is 1.42. The van der Waals surface area contributed by atoms with E-state index < -0.39 is 0 Å². The molecule has 0 aliphatic heterocycles. The van der Waals surface area contributed by atoms with Crippen LogP contribution in [0.2, 0.25) is 0 Å². The van der Waals surface area contributed by atoms with Crippen LogP contribution in [0.1, 0.15) is 72.3 Å². The highest BCUT2D eigenvalue weighted by Crippen LogP contribution is 2.30. The number of carbonyl (C=O) groups excluding carboxylic acids is 2. The largest absolute Gasteiger partial charge is 0.347 e. The maximum absolute atomic E-state index is 12.6. The summed E-state index contributed by atoms with van der Waals surface area (Å²) in [6.07, 6.45) is 3.86. The topological polar surface area (TPSA) is 84.0 Å². The van der Waals surface area contributed by atoms with Gasteiger partial charge in [0.2, 0.25) is 5.91 Å². The van der Waals surface area contributed by atoms with Gasteiger partial charge in [-0.2, -0.15) is 0 Å². The maximum atomic E-state index is 12.6. The van der Waals surface area contributed by atoms with Gasteiger partial charge >= 0.3 is 0 Å². The molecule has 0 spiro atoms. The normalized spacial score (nSPS) is 15.2. The van der Waals surface area contributed by atoms with Crippen molar-refractivity contribution < 1.29 is 9.59 Å². The average Bonchev–Trinajstić information content (AvgIpc) is 3.01. The van der Waals surface area contributed by atoms with Crippen molar-refractivity contribution in [3.63, 3.8) is 0 Å². The summed E-state index contributed by atoms with van der Waals surface area (Å²) in [4.78, 5) is 33.9. The van der Waals surface area contributed by atoms with Gasteiger partial charge in [0.05, 0.1) is 6.04 Å². The van der Waals surface area contributed by atoms with E-state index in [4.69, 9.17) is 0 Å². The van der Waals surface area contributed by atoms with E-state index in [-0.39, 0.29) is 23.8 Å². The van der Waals surface area contributed by atoms with Crippen molar-refractivity contribution in [2.45, 2.75) is 59.4 Å². The highest BCUT2D eigenvalue weighted by atomic mass is 32.1. The molecule has 2 N–H and O–H groups in total. The van der Waals surface area contributed by atoms with Crippen LogP contribution in [-0.4, -0.2) is 21.8 Å². The van der Waals surface area contributed by atoms with Crippen LogP contribution in [0.25, 0.3) is 0 Å². The first-order valence-electron chi connectivity index (χ1n) is 9.84. The van der Waals surface area contributed by atoms with Crippen molar-refractivity contribution in [2.24, 2.45) is 11.8 Å². The lowest BCUT2D eigenvalue weighted by Crippen LogP contribution is -2.37. The summed E-state index contributed by atoms with van der Waals surface area (Å²) in [5.74, 6) is 0.889. The van der Waals surface area contributed by atoms with E-state index in [0.717, 1.165) is 41.9 Å². The second-order valence-corrected chi connectivity index (χ2v) is 8.90. The van der Waals surface area contributed by atoms with Gasteiger partial charge < -0.3 is 10.6 Å². The number of carbonyl (C=O) groups is 2. The van der Waals surface area contributed by atoms with E-state index >= 15 is 0 Å². The SMILES string of the molecule is Cc1cc(C)nc(NC(=O)c2csc([C@@H](CC(C)C)NC(=O)C3CCC3)n2)c1. The fourth-order valence-electron chi connectivity index (χ4n) is 3.29. The molecule has 2 aromatic rings. The van der Waals surface area contributed by atoms with E-state index in [0.29, 0.717) is 17.4 Å². The summed E-state index contributed by atoms with van der Waals surface area (Å²) in [6.45, 7) is 8.10. The molecule has 0 radical (unpaired) electrons. The number of thiazole rings is 1. The van der Waals surface area contributed by atoms with Crippen LogP contribution in [0.4, 0.5) is 5.82 Å². The Hall–Kier alpha value is -2.28. The minimum Gasteiger partial charge on any atom is -0.347 e. The zero-order valence-corrected chi connectivity index (χ0v) is 17.7. The lowest BCUT2D eigenvalue weighted by atomic mass is 9.84. The molecule has 1 saturated carbocycles. The highest BCUT2D eigenvalue weighted by molar-refractivity contribution is 7.10. The van der Waals surface area contributed by atoms with Crippen molar-refractivity contribution in [1.82, 2.24) is 15.3 Å². The zero-order chi connectivity index (χ0) is 20.3. The molecule has 28 heavy (non-hydrogen) atoms. The molecule has 2 heterocycles. The third kappa shape index (κ3) is 5.16. The molecular weight excluding hydrogens is 372 g/mol. The first-order chi connectivity index (χ1) is 13.3. The Morgan fingerprint density at radius 1 is 1.21 bits per heavy atom. The summed E-state index contributed by atoms with van der Waals surface area (Å²) in [5, 5.41) is 8.49. The van der Waals surface area contributed by atoms with E-state index in [1.54, 1.807) is 5.38 Å². The number of pyridine rings is 1. The van der Waals surface area contributed by atoms with Crippen LogP contribution >= 0.6 is 11.3 Å². The summed E-state index contributed by atoms with van der Waals surface area (Å²) in [7, 11) is 0. The molecule has 0 saturated heterocycles. The Labute approximate surface area is 170 Å². The molecule has 0 bridgehead atoms. The van der Waals surface area contributed by atoms with Gasteiger partial charge in [-0.25, -0.2) is 9.97 Å². The molecule has 1 atom stereocenters. The Kier molecular flexibility index (Phi) is 6.44. The van der Waals surface area contributed by atoms with Crippen LogP contribution in [-0.2, 0) is 4.79 Å². The Balaban J connectivity index is 1.71. The van der Waals surface area contributed by atoms with Crippen molar-refractivity contribution in [1.29, 1.82) is 0 Å². The minimum absolute atomic E-state index is 0.109. The first-order valence-corrected chi connectivity index (χ1v) is 10.7. The number of hydrogen-bond donors (Lipinski definition) is 2. The van der Waals surface area contributed by atoms with Crippen molar-refractivity contribution in [2.75, 3.05) is 5.32 Å². The molecule has 1 fully saturated rings. The van der Waals surface area contributed by atoms with Crippen LogP contribution < -0.4 is 10.6 Å². The predicted octanol–water partition coefficient (Wildman–Crippen LogP) is 4.41. The Morgan fingerprint density at radius 3 is 2.57 bits per heavy atom. The fraction of sp³-hybridized carbons (Fsp3) is 0.524. The van der Waals surface area contributed by atoms with Crippen LogP contribution in [0, 0.1) is 25.7 Å². The maximum Gasteiger partial charge on any atom is 0.276 e. The number of amides is 2. The number of hydrogen-bond acceptors (Lipinski definition) is 5. The average molecular weight is 401 g/mol. The van der Waals surface area contributed by atoms with Gasteiger partial charge in [0, 0.05) is 17.0 Å². The van der Waals surface area contributed by atoms with Crippen molar-refractivity contribution in [3.05, 3.63) is 39.5 Å². The quantitative estimate of drug-likeness (QED) is 0.721. The lowest BCUT2D eigenvalue weighted by molar-refractivity contribution is -0.128. The summed E-state index contributed by atoms with van der Waals surface area (Å²) in [5.41, 5.74) is 2.25. The standard InChI is InChI=1S/C21H28N4O2S/c1-12(2)8-16(23-19(26)15-6-5-7-15)21-24-17(11-28-21)20(27)25-18-10-13(3)9-14(4)22-18/h9-12,15-16H,5-8H2,1-4H3,(H,23,26)(H,22,25,27)/t16-/m1/s1. The van der Waals surface area contributed by atoms with E-state index in [9.17, 15) is 9.59 Å². The van der Waals surface area contributed by atoms with E-state index in [1.807, 2.05) is 26.0 Å². The smallest absolute Gasteiger partial charge is 0.276 e. The molecule has 3 rings (SSSR count). The van der Waals surface area contributed by atoms with Gasteiger partial charge in [-0.3, -0.25) is 9.59 Å². The zero-order valence-electron chi connectivity index (χ0n) is 16.9. The summed E-state index contributed by atoms with van der Waals surface area (Å²) < 4.78 is 0. The Bertz CT molecular complexity index is 838. The van der Waals surface area contributed by atoms with Crippen molar-refractivity contribution in [3.8, 4) is 0 Å². The molecule has 150 valence electrons. The fourth-order valence-corrected chi connectivity index (χ4v) is 4.15. The van der Waals surface area contributed by atoms with Gasteiger partial charge in [0.25, 0.3) is 5.91 Å². The van der Waals surface area contributed by atoms with E-state index in [1.165, 1.54) is 11.3 Å². The predicted molar refractivity (Wildman–Crippen MR) is 111 cm³/mol. The van der Waals surface area contributed by atoms with Gasteiger partial charge in [0.1, 0.15) is 16.5 Å². The van der Waals surface area contributed by atoms with Gasteiger partial charge in [-0.05, 0) is 56.7 Å². The van der Waals surface area contributed by atoms with Crippen LogP contribution in [0.3, 0.4) is 0 Å². The van der Waals surface area contributed by atoms with Crippen LogP contribution in [0.15, 0.2) is 17.5 Å². The minimum atomic E-state index is -0.284. The lowest BCUT2D eigenvalue weighted by Gasteiger charge is -2.27. The molecule has 0 aromatic carbocycles. The molecule has 2 amide bonds. The molecule has 2 aromatic heterocycles. The molecule has 0 unspecified atom stereocenters. The van der Waals surface area contributed by atoms with Crippen molar-refractivity contribution >= 4 is 29.0 Å². The second kappa shape index (κ2) is 8.82. The third-order valence-electron chi connectivity index (χ3n) is 4.89. The van der Waals surface area contributed by atoms with Gasteiger partial charge in [0.15, 0.2) is 0 Å². The van der Waals surface area contributed by atoms with Gasteiger partial charge in [-0.1, -0.05) is 20.3 Å². The number of anilines is 1. The highest BCUT2D eigenvalue weighted by Gasteiger charge is 2.29. The molecular formula is C21H28N4O2S. The van der Waals surface area contributed by atoms with E-state index in [2.05, 4.69) is 34.4 Å². The number of aromatic nitrogens is 2. The second-order valence-electron chi connectivity index (χ2n) is 8.01. The van der Waals surface area contributed by atoms with Crippen LogP contribution in [0.5, 0.6) is 0 Å². The number of nitrogens with one attached hydrogen (secondary N) is 2. The monoisotopic (exact) mass is 400 g/mol. The Morgan fingerprint density at radius 2 is 1.96 bits per heavy atom.